The van der Waals surface area contributed by atoms with E-state index in [2.05, 4.69) is 44.3 Å². The molecule has 1 rings (SSSR count). The van der Waals surface area contributed by atoms with Crippen molar-refractivity contribution in [1.82, 2.24) is 9.55 Å². The van der Waals surface area contributed by atoms with Crippen LogP contribution in [-0.2, 0) is 0 Å². The van der Waals surface area contributed by atoms with E-state index >= 15 is 0 Å². The molecule has 0 fully saturated rings. The highest BCUT2D eigenvalue weighted by atomic mass is 28.4. The fraction of sp³-hybridized carbons (Fsp3) is 0.583. The van der Waals surface area contributed by atoms with E-state index in [1.807, 2.05) is 0 Å². The smallest absolute Gasteiger partial charge is 0.356 e. The third-order valence-corrected chi connectivity index (χ3v) is 12.2. The predicted molar refractivity (Wildman–Crippen MR) is 84.0 cm³/mol. The summed E-state index contributed by atoms with van der Waals surface area (Å²) in [6.45, 7) is 13.0. The van der Waals surface area contributed by atoms with Gasteiger partial charge in [-0.05, 0) is 6.07 Å². The first-order valence-corrected chi connectivity index (χ1v) is 13.5. The molecular weight excluding hydrogens is 274 g/mol. The zero-order chi connectivity index (χ0) is 15.0. The van der Waals surface area contributed by atoms with Gasteiger partial charge in [0.25, 0.3) is 0 Å². The Hall–Kier alpha value is -1.22. The van der Waals surface area contributed by atoms with Crippen LogP contribution < -0.4 is 11.4 Å². The van der Waals surface area contributed by atoms with E-state index in [1.54, 1.807) is 0 Å². The van der Waals surface area contributed by atoms with Gasteiger partial charge < -0.3 is 5.73 Å². The van der Waals surface area contributed by atoms with Gasteiger partial charge in [-0.1, -0.05) is 39.3 Å². The van der Waals surface area contributed by atoms with Gasteiger partial charge in [-0.15, -0.1) is 0 Å². The Balaban J connectivity index is 3.33. The number of hydrogen-bond donors (Lipinski definition) is 1. The molecular formula is C12H23N3O2Si2. The number of nitrogen functional groups attached to an aromatic ring is 1. The van der Waals surface area contributed by atoms with E-state index in [0.717, 1.165) is 4.57 Å². The maximum absolute atomic E-state index is 12.7. The lowest BCUT2D eigenvalue weighted by Gasteiger charge is -2.36. The first-order valence-electron chi connectivity index (χ1n) is 6.34. The van der Waals surface area contributed by atoms with Crippen LogP contribution in [0.4, 0.5) is 5.82 Å². The number of nitrogens with two attached hydrogens (primary N) is 1. The SMILES string of the molecule is C[Si](C)(C)C(C(=O)n1ccc(N)nc1=O)[Si](C)(C)C. The Bertz CT molecular complexity index is 527. The molecule has 0 aliphatic rings. The molecule has 1 aromatic heterocycles. The molecule has 1 aromatic rings. The highest BCUT2D eigenvalue weighted by Crippen LogP contribution is 2.33. The van der Waals surface area contributed by atoms with E-state index in [4.69, 9.17) is 5.73 Å². The lowest BCUT2D eigenvalue weighted by Crippen LogP contribution is -2.51. The molecule has 0 unspecified atom stereocenters. The van der Waals surface area contributed by atoms with Crippen molar-refractivity contribution >= 4 is 27.9 Å². The summed E-state index contributed by atoms with van der Waals surface area (Å²) < 4.78 is 1.12. The Morgan fingerprint density at radius 3 is 2.05 bits per heavy atom. The normalized spacial score (nSPS) is 12.8. The predicted octanol–water partition coefficient (Wildman–Crippen LogP) is 2.05. The molecule has 0 bridgehead atoms. The summed E-state index contributed by atoms with van der Waals surface area (Å²) in [7, 11) is -3.42. The van der Waals surface area contributed by atoms with Crippen molar-refractivity contribution in [1.29, 1.82) is 0 Å². The van der Waals surface area contributed by atoms with Gasteiger partial charge in [-0.25, -0.2) is 9.36 Å². The minimum absolute atomic E-state index is 0.0249. The Morgan fingerprint density at radius 2 is 1.68 bits per heavy atom. The van der Waals surface area contributed by atoms with Crippen LogP contribution in [0.5, 0.6) is 0 Å². The number of nitrogens with zero attached hydrogens (tertiary/aromatic N) is 2. The third-order valence-electron chi connectivity index (χ3n) is 3.04. The summed E-state index contributed by atoms with van der Waals surface area (Å²) in [5.74, 6) is 0.0300. The molecule has 1 heterocycles. The summed E-state index contributed by atoms with van der Waals surface area (Å²) in [4.78, 5) is 28.2. The lowest BCUT2D eigenvalue weighted by molar-refractivity contribution is 0.0915. The molecule has 0 atom stereocenters. The van der Waals surface area contributed by atoms with Gasteiger partial charge in [-0.2, -0.15) is 4.98 Å². The number of carbonyl (C=O) groups is 1. The Morgan fingerprint density at radius 1 is 1.21 bits per heavy atom. The van der Waals surface area contributed by atoms with Crippen molar-refractivity contribution in [2.75, 3.05) is 5.73 Å². The van der Waals surface area contributed by atoms with Gasteiger partial charge in [0, 0.05) is 11.4 Å². The van der Waals surface area contributed by atoms with Crippen molar-refractivity contribution in [2.24, 2.45) is 0 Å². The first kappa shape index (κ1) is 15.8. The van der Waals surface area contributed by atoms with Crippen LogP contribution in [0, 0.1) is 0 Å². The van der Waals surface area contributed by atoms with Crippen LogP contribution in [0.25, 0.3) is 0 Å². The first-order chi connectivity index (χ1) is 8.44. The lowest BCUT2D eigenvalue weighted by atomic mass is 10.5. The van der Waals surface area contributed by atoms with E-state index in [1.165, 1.54) is 12.3 Å². The number of anilines is 1. The van der Waals surface area contributed by atoms with Crippen molar-refractivity contribution in [2.45, 2.75) is 44.4 Å². The average Bonchev–Trinajstić information content (AvgIpc) is 2.11. The second-order valence-corrected chi connectivity index (χ2v) is 18.2. The molecule has 106 valence electrons. The number of rotatable bonds is 3. The minimum Gasteiger partial charge on any atom is -0.383 e. The van der Waals surface area contributed by atoms with Gasteiger partial charge in [0.2, 0.25) is 5.91 Å². The van der Waals surface area contributed by atoms with Crippen molar-refractivity contribution < 1.29 is 4.79 Å². The van der Waals surface area contributed by atoms with Crippen LogP contribution in [0.2, 0.25) is 44.4 Å². The fourth-order valence-electron chi connectivity index (χ4n) is 2.76. The van der Waals surface area contributed by atoms with Crippen molar-refractivity contribution in [3.63, 3.8) is 0 Å². The third kappa shape index (κ3) is 3.63. The molecule has 19 heavy (non-hydrogen) atoms. The number of carbonyl (C=O) groups excluding carboxylic acids is 1. The van der Waals surface area contributed by atoms with Gasteiger partial charge in [0.05, 0.1) is 16.1 Å². The van der Waals surface area contributed by atoms with E-state index in [-0.39, 0.29) is 16.9 Å². The maximum Gasteiger partial charge on any atom is 0.356 e. The summed E-state index contributed by atoms with van der Waals surface area (Å²) in [6.07, 6.45) is 1.44. The quantitative estimate of drug-likeness (QED) is 0.866. The molecule has 0 amide bonds. The molecule has 0 aliphatic heterocycles. The highest BCUT2D eigenvalue weighted by molar-refractivity contribution is 7.00. The van der Waals surface area contributed by atoms with Crippen LogP contribution in [0.15, 0.2) is 17.1 Å². The Labute approximate surface area is 115 Å². The average molecular weight is 298 g/mol. The largest absolute Gasteiger partial charge is 0.383 e. The second-order valence-electron chi connectivity index (χ2n) is 7.01. The summed E-state index contributed by atoms with van der Waals surface area (Å²) in [5.41, 5.74) is 4.88. The van der Waals surface area contributed by atoms with Gasteiger partial charge in [-0.3, -0.25) is 4.79 Å². The molecule has 0 saturated carbocycles. The van der Waals surface area contributed by atoms with Crippen LogP contribution in [-0.4, -0.2) is 31.6 Å². The molecule has 0 spiro atoms. The highest BCUT2D eigenvalue weighted by Gasteiger charge is 2.43. The fourth-order valence-corrected chi connectivity index (χ4v) is 14.9. The van der Waals surface area contributed by atoms with Crippen molar-refractivity contribution in [3.05, 3.63) is 22.7 Å². The molecule has 0 aromatic carbocycles. The topological polar surface area (TPSA) is 78.0 Å². The summed E-state index contributed by atoms with van der Waals surface area (Å²) >= 11 is 0. The molecule has 7 heteroatoms. The van der Waals surface area contributed by atoms with E-state index in [0.29, 0.717) is 0 Å². The Kier molecular flexibility index (Phi) is 4.21. The second kappa shape index (κ2) is 5.05. The van der Waals surface area contributed by atoms with Gasteiger partial charge in [0.1, 0.15) is 5.82 Å². The van der Waals surface area contributed by atoms with Gasteiger partial charge >= 0.3 is 5.69 Å². The van der Waals surface area contributed by atoms with Crippen molar-refractivity contribution in [3.8, 4) is 0 Å². The molecule has 0 saturated heterocycles. The summed E-state index contributed by atoms with van der Waals surface area (Å²) in [6, 6.07) is 1.49. The molecule has 0 aliphatic carbocycles. The molecule has 0 radical (unpaired) electrons. The number of aromatic nitrogens is 2. The maximum atomic E-state index is 12.7. The minimum atomic E-state index is -1.71. The zero-order valence-corrected chi connectivity index (χ0v) is 14.5. The summed E-state index contributed by atoms with van der Waals surface area (Å²) in [5, 5.41) is -0.0249. The standard InChI is InChI=1S/C12H23N3O2Si2/c1-18(2,3)11(19(4,5)6)10(16)15-8-7-9(13)14-12(15)17/h7-8,11H,1-6H3,(H2,13,14,17). The zero-order valence-electron chi connectivity index (χ0n) is 12.5. The number of hydrogen-bond acceptors (Lipinski definition) is 4. The van der Waals surface area contributed by atoms with E-state index < -0.39 is 21.8 Å². The van der Waals surface area contributed by atoms with E-state index in [9.17, 15) is 9.59 Å². The molecule has 5 nitrogen and oxygen atoms in total. The van der Waals surface area contributed by atoms with Gasteiger partial charge in [0.15, 0.2) is 0 Å². The monoisotopic (exact) mass is 297 g/mol. The van der Waals surface area contributed by atoms with Crippen LogP contribution in [0.1, 0.15) is 4.79 Å². The van der Waals surface area contributed by atoms with Crippen LogP contribution in [0.3, 0.4) is 0 Å². The van der Waals surface area contributed by atoms with Crippen LogP contribution >= 0.6 is 0 Å². The molecule has 2 N–H and O–H groups in total.